The number of nitrogens with zero attached hydrogens (tertiary/aromatic N) is 3. The van der Waals surface area contributed by atoms with Crippen LogP contribution in [0.4, 0.5) is 0 Å². The summed E-state index contributed by atoms with van der Waals surface area (Å²) in [5.74, 6) is 1.13. The molecule has 0 radical (unpaired) electrons. The summed E-state index contributed by atoms with van der Waals surface area (Å²) < 4.78 is 0. The first kappa shape index (κ1) is 16.9. The highest BCUT2D eigenvalue weighted by atomic mass is 16.2. The monoisotopic (exact) mass is 361 g/mol. The third-order valence-electron chi connectivity index (χ3n) is 6.87. The minimum atomic E-state index is 0.108. The molecule has 0 N–H and O–H groups in total. The summed E-state index contributed by atoms with van der Waals surface area (Å²) in [6.07, 6.45) is 2.43. The van der Waals surface area contributed by atoms with Crippen molar-refractivity contribution < 1.29 is 4.79 Å². The lowest BCUT2D eigenvalue weighted by Gasteiger charge is -2.51. The van der Waals surface area contributed by atoms with Gasteiger partial charge < -0.3 is 4.90 Å². The minimum Gasteiger partial charge on any atom is -0.332 e. The van der Waals surface area contributed by atoms with Crippen LogP contribution in [0.3, 0.4) is 0 Å². The zero-order valence-electron chi connectivity index (χ0n) is 16.1. The summed E-state index contributed by atoms with van der Waals surface area (Å²) in [4.78, 5) is 22.7. The lowest BCUT2D eigenvalue weighted by Crippen LogP contribution is -2.60. The van der Waals surface area contributed by atoms with E-state index in [1.165, 1.54) is 37.1 Å². The molecule has 0 spiro atoms. The van der Waals surface area contributed by atoms with E-state index in [2.05, 4.69) is 46.0 Å². The molecule has 27 heavy (non-hydrogen) atoms. The summed E-state index contributed by atoms with van der Waals surface area (Å²) in [6, 6.07) is 15.5. The van der Waals surface area contributed by atoms with Gasteiger partial charge >= 0.3 is 0 Å². The Balaban J connectivity index is 1.52. The number of hydrogen-bond donors (Lipinski definition) is 0. The van der Waals surface area contributed by atoms with Crippen LogP contribution in [0.15, 0.2) is 42.5 Å². The van der Waals surface area contributed by atoms with Crippen molar-refractivity contribution in [3.05, 3.63) is 65.0 Å². The first-order valence-electron chi connectivity index (χ1n) is 10.2. The molecular weight excluding hydrogens is 334 g/mol. The molecule has 4 aliphatic heterocycles. The Bertz CT molecular complexity index is 854. The van der Waals surface area contributed by atoms with Gasteiger partial charge in [-0.05, 0) is 63.4 Å². The zero-order valence-corrected chi connectivity index (χ0v) is 16.1. The Morgan fingerprint density at radius 1 is 1.00 bits per heavy atom. The molecule has 2 aromatic rings. The third-order valence-corrected chi connectivity index (χ3v) is 6.87. The molecule has 3 atom stereocenters. The average Bonchev–Trinajstić information content (AvgIpc) is 3.12. The van der Waals surface area contributed by atoms with E-state index in [1.54, 1.807) is 0 Å². The van der Waals surface area contributed by atoms with Crippen molar-refractivity contribution in [3.8, 4) is 0 Å². The summed E-state index contributed by atoms with van der Waals surface area (Å²) in [5, 5.41) is 0. The van der Waals surface area contributed by atoms with Crippen LogP contribution >= 0.6 is 0 Å². The zero-order chi connectivity index (χ0) is 18.5. The summed E-state index contributed by atoms with van der Waals surface area (Å²) >= 11 is 0. The van der Waals surface area contributed by atoms with Crippen LogP contribution in [0.5, 0.6) is 0 Å². The van der Waals surface area contributed by atoms with E-state index in [0.717, 1.165) is 12.2 Å². The van der Waals surface area contributed by atoms with Crippen LogP contribution in [-0.2, 0) is 0 Å². The predicted molar refractivity (Wildman–Crippen MR) is 106 cm³/mol. The molecule has 4 nitrogen and oxygen atoms in total. The molecule has 0 unspecified atom stereocenters. The van der Waals surface area contributed by atoms with Gasteiger partial charge in [0.1, 0.15) is 5.69 Å². The maximum atomic E-state index is 13.4. The van der Waals surface area contributed by atoms with E-state index < -0.39 is 0 Å². The van der Waals surface area contributed by atoms with Gasteiger partial charge in [-0.3, -0.25) is 9.69 Å². The number of fused-ring (bicyclic) bond motifs is 2. The number of benzene rings is 1. The molecule has 1 aromatic heterocycles. The van der Waals surface area contributed by atoms with E-state index in [9.17, 15) is 4.79 Å². The molecule has 140 valence electrons. The fraction of sp³-hybridized carbons (Fsp3) is 0.478. The van der Waals surface area contributed by atoms with E-state index in [0.29, 0.717) is 29.6 Å². The molecule has 1 amide bonds. The lowest BCUT2D eigenvalue weighted by atomic mass is 9.75. The highest BCUT2D eigenvalue weighted by Gasteiger charge is 2.54. The number of carbonyl (C=O) groups is 1. The second-order valence-corrected chi connectivity index (χ2v) is 8.49. The number of amides is 1. The van der Waals surface area contributed by atoms with Gasteiger partial charge in [-0.1, -0.05) is 35.9 Å². The number of pyridine rings is 1. The molecule has 1 aromatic carbocycles. The quantitative estimate of drug-likeness (QED) is 0.823. The van der Waals surface area contributed by atoms with E-state index in [1.807, 2.05) is 25.1 Å². The summed E-state index contributed by atoms with van der Waals surface area (Å²) in [6.45, 7) is 7.25. The number of carbonyl (C=O) groups excluding carboxylic acids is 1. The number of piperidine rings is 3. The first-order chi connectivity index (χ1) is 13.1. The smallest absolute Gasteiger partial charge is 0.272 e. The van der Waals surface area contributed by atoms with Crippen molar-refractivity contribution in [2.45, 2.75) is 44.7 Å². The Morgan fingerprint density at radius 3 is 2.44 bits per heavy atom. The van der Waals surface area contributed by atoms with Gasteiger partial charge in [0.05, 0.1) is 6.04 Å². The van der Waals surface area contributed by atoms with Crippen molar-refractivity contribution >= 4 is 5.91 Å². The molecule has 4 fully saturated rings. The number of likely N-dealkylation sites (tertiary alicyclic amines) is 1. The normalized spacial score (nSPS) is 31.8. The van der Waals surface area contributed by atoms with E-state index in [4.69, 9.17) is 0 Å². The van der Waals surface area contributed by atoms with Gasteiger partial charge in [-0.25, -0.2) is 4.98 Å². The molecular formula is C23H27N3O. The predicted octanol–water partition coefficient (Wildman–Crippen LogP) is 3.40. The maximum Gasteiger partial charge on any atom is 0.272 e. The fourth-order valence-electron chi connectivity index (χ4n) is 5.57. The van der Waals surface area contributed by atoms with Gasteiger partial charge in [0, 0.05) is 24.2 Å². The van der Waals surface area contributed by atoms with Crippen LogP contribution < -0.4 is 0 Å². The largest absolute Gasteiger partial charge is 0.332 e. The summed E-state index contributed by atoms with van der Waals surface area (Å²) in [7, 11) is 0. The molecule has 4 aliphatic rings. The van der Waals surface area contributed by atoms with Crippen molar-refractivity contribution in [2.24, 2.45) is 5.92 Å². The summed E-state index contributed by atoms with van der Waals surface area (Å²) in [5.41, 5.74) is 4.15. The van der Waals surface area contributed by atoms with Gasteiger partial charge in [-0.2, -0.15) is 0 Å². The van der Waals surface area contributed by atoms with Crippen molar-refractivity contribution in [1.29, 1.82) is 0 Å². The lowest BCUT2D eigenvalue weighted by molar-refractivity contribution is -0.00358. The average molecular weight is 361 g/mol. The Kier molecular flexibility index (Phi) is 4.05. The number of hydrogen-bond acceptors (Lipinski definition) is 3. The van der Waals surface area contributed by atoms with E-state index >= 15 is 0 Å². The fourth-order valence-corrected chi connectivity index (χ4v) is 5.57. The van der Waals surface area contributed by atoms with Crippen molar-refractivity contribution in [3.63, 3.8) is 0 Å². The van der Waals surface area contributed by atoms with Crippen molar-refractivity contribution in [1.82, 2.24) is 14.8 Å². The van der Waals surface area contributed by atoms with Gasteiger partial charge in [0.15, 0.2) is 0 Å². The molecule has 0 saturated carbocycles. The Morgan fingerprint density at radius 2 is 1.74 bits per heavy atom. The van der Waals surface area contributed by atoms with E-state index in [-0.39, 0.29) is 5.91 Å². The molecule has 6 rings (SSSR count). The molecule has 0 aliphatic carbocycles. The number of rotatable bonds is 2. The SMILES string of the molecule is Cc1ccc([C@H]2CN(C(=O)c3cccc(C)n3)[C@@H]3C4CCN(CC4)[C@H]23)cc1. The minimum absolute atomic E-state index is 0.108. The highest BCUT2D eigenvalue weighted by Crippen LogP contribution is 2.46. The third kappa shape index (κ3) is 2.78. The molecule has 2 bridgehead atoms. The van der Waals surface area contributed by atoms with Crippen LogP contribution in [0.1, 0.15) is 46.1 Å². The van der Waals surface area contributed by atoms with Crippen LogP contribution in [0.25, 0.3) is 0 Å². The standard InChI is InChI=1S/C23H27N3O/c1-15-6-8-17(9-7-15)19-14-26(23(27)20-5-3-4-16(2)24-20)21-18-10-12-25(13-11-18)22(19)21/h3-9,18-19,21-22H,10-14H2,1-2H3/t19-,21-,22-/m1/s1. The molecule has 4 saturated heterocycles. The second-order valence-electron chi connectivity index (χ2n) is 8.49. The van der Waals surface area contributed by atoms with Crippen LogP contribution in [0, 0.1) is 19.8 Å². The highest BCUT2D eigenvalue weighted by molar-refractivity contribution is 5.93. The van der Waals surface area contributed by atoms with Crippen molar-refractivity contribution in [2.75, 3.05) is 19.6 Å². The molecule has 5 heterocycles. The van der Waals surface area contributed by atoms with Gasteiger partial charge in [-0.15, -0.1) is 0 Å². The van der Waals surface area contributed by atoms with Gasteiger partial charge in [0.25, 0.3) is 5.91 Å². The first-order valence-corrected chi connectivity index (χ1v) is 10.2. The Hall–Kier alpha value is -2.20. The number of aromatic nitrogens is 1. The second kappa shape index (κ2) is 6.45. The van der Waals surface area contributed by atoms with Crippen LogP contribution in [-0.4, -0.2) is 52.4 Å². The number of aryl methyl sites for hydroxylation is 2. The van der Waals surface area contributed by atoms with Gasteiger partial charge in [0.2, 0.25) is 0 Å². The topological polar surface area (TPSA) is 36.4 Å². The maximum absolute atomic E-state index is 13.4. The Labute approximate surface area is 161 Å². The molecule has 4 heteroatoms. The van der Waals surface area contributed by atoms with Crippen LogP contribution in [0.2, 0.25) is 0 Å².